The highest BCUT2D eigenvalue weighted by Crippen LogP contribution is 2.20. The van der Waals surface area contributed by atoms with E-state index in [1.807, 2.05) is 12.1 Å². The molecule has 1 aromatic rings. The van der Waals surface area contributed by atoms with Gasteiger partial charge in [0.2, 0.25) is 0 Å². The molecule has 0 amide bonds. The Morgan fingerprint density at radius 2 is 2.32 bits per heavy atom. The van der Waals surface area contributed by atoms with Crippen LogP contribution in [0.1, 0.15) is 31.7 Å². The smallest absolute Gasteiger partial charge is 0.137 e. The lowest BCUT2D eigenvalue weighted by atomic mass is 10.0. The summed E-state index contributed by atoms with van der Waals surface area (Å²) in [6.45, 7) is 6.42. The predicted octanol–water partition coefficient (Wildman–Crippen LogP) is 3.55. The van der Waals surface area contributed by atoms with Gasteiger partial charge in [0.05, 0.1) is 4.47 Å². The molecule has 1 aliphatic heterocycles. The minimum atomic E-state index is -0.190. The van der Waals surface area contributed by atoms with E-state index < -0.39 is 0 Å². The molecule has 0 spiro atoms. The molecule has 0 aromatic heterocycles. The van der Waals surface area contributed by atoms with Gasteiger partial charge in [0.25, 0.3) is 0 Å². The maximum absolute atomic E-state index is 13.3. The molecule has 2 rings (SSSR count). The van der Waals surface area contributed by atoms with Crippen molar-refractivity contribution >= 4 is 15.9 Å². The van der Waals surface area contributed by atoms with Crippen LogP contribution in [-0.4, -0.2) is 30.6 Å². The van der Waals surface area contributed by atoms with Crippen LogP contribution >= 0.6 is 15.9 Å². The zero-order valence-electron chi connectivity index (χ0n) is 11.5. The Kier molecular flexibility index (Phi) is 5.79. The molecule has 0 aliphatic carbocycles. The molecule has 1 aromatic carbocycles. The Hall–Kier alpha value is -0.450. The van der Waals surface area contributed by atoms with Crippen molar-refractivity contribution in [2.45, 2.75) is 38.8 Å². The van der Waals surface area contributed by atoms with Gasteiger partial charge in [-0.15, -0.1) is 0 Å². The Morgan fingerprint density at radius 3 is 2.95 bits per heavy atom. The second-order valence-corrected chi connectivity index (χ2v) is 6.07. The van der Waals surface area contributed by atoms with Gasteiger partial charge in [0, 0.05) is 19.1 Å². The molecule has 19 heavy (non-hydrogen) atoms. The highest BCUT2D eigenvalue weighted by Gasteiger charge is 2.20. The van der Waals surface area contributed by atoms with Crippen LogP contribution in [-0.2, 0) is 6.54 Å². The van der Waals surface area contributed by atoms with Crippen molar-refractivity contribution in [1.82, 2.24) is 10.2 Å². The van der Waals surface area contributed by atoms with Crippen molar-refractivity contribution in [3.8, 4) is 0 Å². The molecule has 0 bridgehead atoms. The van der Waals surface area contributed by atoms with Gasteiger partial charge >= 0.3 is 0 Å². The van der Waals surface area contributed by atoms with Crippen LogP contribution in [0.15, 0.2) is 22.7 Å². The van der Waals surface area contributed by atoms with Gasteiger partial charge in [-0.25, -0.2) is 4.39 Å². The fourth-order valence-electron chi connectivity index (χ4n) is 2.70. The van der Waals surface area contributed by atoms with Gasteiger partial charge in [-0.2, -0.15) is 0 Å². The minimum absolute atomic E-state index is 0.190. The summed E-state index contributed by atoms with van der Waals surface area (Å²) in [6, 6.07) is 5.94. The van der Waals surface area contributed by atoms with Gasteiger partial charge in [-0.3, -0.25) is 4.90 Å². The van der Waals surface area contributed by atoms with Gasteiger partial charge in [-0.1, -0.05) is 13.0 Å². The number of nitrogens with one attached hydrogen (secondary N) is 1. The fourth-order valence-corrected chi connectivity index (χ4v) is 3.12. The standard InChI is InChI=1S/C15H22BrFN2/c1-2-8-19(13-4-3-7-18-10-13)11-12-5-6-15(17)14(16)9-12/h5-6,9,13,18H,2-4,7-8,10-11H2,1H3. The molecule has 1 atom stereocenters. The number of nitrogens with zero attached hydrogens (tertiary/aromatic N) is 1. The molecule has 1 unspecified atom stereocenters. The van der Waals surface area contributed by atoms with Crippen LogP contribution < -0.4 is 5.32 Å². The summed E-state index contributed by atoms with van der Waals surface area (Å²) in [5.41, 5.74) is 1.17. The lowest BCUT2D eigenvalue weighted by molar-refractivity contribution is 0.158. The number of rotatable bonds is 5. The number of hydrogen-bond acceptors (Lipinski definition) is 2. The summed E-state index contributed by atoms with van der Waals surface area (Å²) < 4.78 is 13.8. The number of piperidine rings is 1. The quantitative estimate of drug-likeness (QED) is 0.889. The first-order valence-corrected chi connectivity index (χ1v) is 7.88. The maximum Gasteiger partial charge on any atom is 0.137 e. The van der Waals surface area contributed by atoms with E-state index in [0.717, 1.165) is 32.6 Å². The molecule has 4 heteroatoms. The van der Waals surface area contributed by atoms with Crippen LogP contribution in [0.5, 0.6) is 0 Å². The third-order valence-electron chi connectivity index (χ3n) is 3.67. The van der Waals surface area contributed by atoms with E-state index in [0.29, 0.717) is 10.5 Å². The van der Waals surface area contributed by atoms with E-state index in [-0.39, 0.29) is 5.82 Å². The van der Waals surface area contributed by atoms with Crippen molar-refractivity contribution in [1.29, 1.82) is 0 Å². The average Bonchev–Trinajstić information content (AvgIpc) is 2.43. The molecule has 2 nitrogen and oxygen atoms in total. The van der Waals surface area contributed by atoms with Gasteiger partial charge in [0.15, 0.2) is 0 Å². The number of halogens is 2. The molecule has 1 N–H and O–H groups in total. The molecule has 1 heterocycles. The van der Waals surface area contributed by atoms with E-state index >= 15 is 0 Å². The Morgan fingerprint density at radius 1 is 1.47 bits per heavy atom. The SMILES string of the molecule is CCCN(Cc1ccc(F)c(Br)c1)C1CCCNC1. The Bertz CT molecular complexity index is 405. The third-order valence-corrected chi connectivity index (χ3v) is 4.28. The van der Waals surface area contributed by atoms with Crippen molar-refractivity contribution < 1.29 is 4.39 Å². The number of benzene rings is 1. The molecule has 106 valence electrons. The lowest BCUT2D eigenvalue weighted by Gasteiger charge is -2.34. The Balaban J connectivity index is 2.04. The van der Waals surface area contributed by atoms with Crippen molar-refractivity contribution in [2.75, 3.05) is 19.6 Å². The minimum Gasteiger partial charge on any atom is -0.315 e. The van der Waals surface area contributed by atoms with E-state index in [2.05, 4.69) is 33.1 Å². The van der Waals surface area contributed by atoms with Gasteiger partial charge < -0.3 is 5.32 Å². The normalized spacial score (nSPS) is 19.9. The topological polar surface area (TPSA) is 15.3 Å². The summed E-state index contributed by atoms with van der Waals surface area (Å²) in [6.07, 6.45) is 3.66. The van der Waals surface area contributed by atoms with Crippen LogP contribution in [0, 0.1) is 5.82 Å². The second kappa shape index (κ2) is 7.36. The zero-order chi connectivity index (χ0) is 13.7. The van der Waals surface area contributed by atoms with Gasteiger partial charge in [0.1, 0.15) is 5.82 Å². The molecule has 0 radical (unpaired) electrons. The molecule has 0 saturated carbocycles. The van der Waals surface area contributed by atoms with Crippen molar-refractivity contribution in [3.05, 3.63) is 34.1 Å². The van der Waals surface area contributed by atoms with E-state index in [4.69, 9.17) is 0 Å². The van der Waals surface area contributed by atoms with Crippen LogP contribution in [0.25, 0.3) is 0 Å². The van der Waals surface area contributed by atoms with Crippen molar-refractivity contribution in [2.24, 2.45) is 0 Å². The first-order valence-electron chi connectivity index (χ1n) is 7.09. The second-order valence-electron chi connectivity index (χ2n) is 5.22. The Labute approximate surface area is 123 Å². The van der Waals surface area contributed by atoms with Crippen LogP contribution in [0.4, 0.5) is 4.39 Å². The fraction of sp³-hybridized carbons (Fsp3) is 0.600. The van der Waals surface area contributed by atoms with E-state index in [1.165, 1.54) is 18.4 Å². The summed E-state index contributed by atoms with van der Waals surface area (Å²) in [5.74, 6) is -0.190. The van der Waals surface area contributed by atoms with Gasteiger partial charge in [-0.05, 0) is 66.0 Å². The largest absolute Gasteiger partial charge is 0.315 e. The molecular formula is C15H22BrFN2. The third kappa shape index (κ3) is 4.26. The summed E-state index contributed by atoms with van der Waals surface area (Å²) in [5, 5.41) is 3.47. The van der Waals surface area contributed by atoms with E-state index in [9.17, 15) is 4.39 Å². The lowest BCUT2D eigenvalue weighted by Crippen LogP contribution is -2.45. The number of hydrogen-bond donors (Lipinski definition) is 1. The summed E-state index contributed by atoms with van der Waals surface area (Å²) in [7, 11) is 0. The first-order chi connectivity index (χ1) is 9.20. The molecule has 1 saturated heterocycles. The highest BCUT2D eigenvalue weighted by molar-refractivity contribution is 9.10. The van der Waals surface area contributed by atoms with Crippen LogP contribution in [0.3, 0.4) is 0 Å². The highest BCUT2D eigenvalue weighted by atomic mass is 79.9. The first kappa shape index (κ1) is 14.9. The van der Waals surface area contributed by atoms with Crippen molar-refractivity contribution in [3.63, 3.8) is 0 Å². The predicted molar refractivity (Wildman–Crippen MR) is 80.7 cm³/mol. The monoisotopic (exact) mass is 328 g/mol. The maximum atomic E-state index is 13.3. The summed E-state index contributed by atoms with van der Waals surface area (Å²) >= 11 is 3.27. The zero-order valence-corrected chi connectivity index (χ0v) is 13.0. The van der Waals surface area contributed by atoms with Crippen LogP contribution in [0.2, 0.25) is 0 Å². The average molecular weight is 329 g/mol. The van der Waals surface area contributed by atoms with E-state index in [1.54, 1.807) is 6.07 Å². The summed E-state index contributed by atoms with van der Waals surface area (Å²) in [4.78, 5) is 2.52. The molecule has 1 aliphatic rings. The molecule has 1 fully saturated rings. The molecular weight excluding hydrogens is 307 g/mol.